The van der Waals surface area contributed by atoms with Crippen LogP contribution >= 0.6 is 0 Å². The summed E-state index contributed by atoms with van der Waals surface area (Å²) in [7, 11) is 0. The number of nitrogens with zero attached hydrogens (tertiary/aromatic N) is 2. The minimum absolute atomic E-state index is 0.00110. The summed E-state index contributed by atoms with van der Waals surface area (Å²) in [6.07, 6.45) is 2.02. The quantitative estimate of drug-likeness (QED) is 0.355. The van der Waals surface area contributed by atoms with Gasteiger partial charge in [0, 0.05) is 42.7 Å². The van der Waals surface area contributed by atoms with Crippen molar-refractivity contribution in [3.8, 4) is 0 Å². The number of aromatic amines is 1. The highest BCUT2D eigenvalue weighted by molar-refractivity contribution is 5.86. The van der Waals surface area contributed by atoms with E-state index in [1.54, 1.807) is 9.80 Å². The molecule has 3 aromatic rings. The summed E-state index contributed by atoms with van der Waals surface area (Å²) in [5.41, 5.74) is 1.97. The third-order valence-electron chi connectivity index (χ3n) is 6.69. The highest BCUT2D eigenvalue weighted by Crippen LogP contribution is 2.30. The van der Waals surface area contributed by atoms with Gasteiger partial charge in [-0.1, -0.05) is 43.7 Å². The van der Waals surface area contributed by atoms with Crippen LogP contribution in [0, 0.1) is 0 Å². The Bertz CT molecular complexity index is 1180. The molecule has 4 rings (SSSR count). The van der Waals surface area contributed by atoms with Gasteiger partial charge in [0.2, 0.25) is 11.8 Å². The minimum Gasteiger partial charge on any atom is -0.361 e. The maximum atomic E-state index is 13.5. The summed E-state index contributed by atoms with van der Waals surface area (Å²) in [5, 5.41) is 1.08. The van der Waals surface area contributed by atoms with Crippen LogP contribution in [-0.2, 0) is 28.7 Å². The van der Waals surface area contributed by atoms with Gasteiger partial charge in [-0.05, 0) is 55.0 Å². The second kappa shape index (κ2) is 11.2. The molecule has 2 aromatic carbocycles. The molecule has 0 spiro atoms. The topological polar surface area (TPSA) is 56.4 Å². The average molecular weight is 500 g/mol. The predicted octanol–water partition coefficient (Wildman–Crippen LogP) is 5.94. The molecule has 0 unspecified atom stereocenters. The number of rotatable bonds is 11. The molecule has 0 bridgehead atoms. The first-order valence-electron chi connectivity index (χ1n) is 12.5. The zero-order valence-corrected chi connectivity index (χ0v) is 20.5. The summed E-state index contributed by atoms with van der Waals surface area (Å²) in [4.78, 5) is 32.8. The molecule has 2 amide bonds. The molecular formula is C28H32F3N3O2. The molecule has 1 aromatic heterocycles. The lowest BCUT2D eigenvalue weighted by atomic mass is 10.1. The Balaban J connectivity index is 1.51. The molecule has 1 aliphatic rings. The molecule has 1 N–H and O–H groups in total. The lowest BCUT2D eigenvalue weighted by molar-refractivity contribution is -0.141. The first-order chi connectivity index (χ1) is 17.3. The van der Waals surface area contributed by atoms with Crippen LogP contribution in [0.2, 0.25) is 0 Å². The van der Waals surface area contributed by atoms with Crippen LogP contribution in [0.15, 0.2) is 54.7 Å². The first-order valence-corrected chi connectivity index (χ1v) is 12.5. The number of hydrogen-bond donors (Lipinski definition) is 1. The minimum atomic E-state index is -4.41. The highest BCUT2D eigenvalue weighted by atomic mass is 19.4. The van der Waals surface area contributed by atoms with Gasteiger partial charge >= 0.3 is 6.18 Å². The molecule has 0 atom stereocenters. The first kappa shape index (κ1) is 25.8. The van der Waals surface area contributed by atoms with Crippen LogP contribution in [-0.4, -0.2) is 45.7 Å². The monoisotopic (exact) mass is 499 g/mol. The Morgan fingerprint density at radius 3 is 2.42 bits per heavy atom. The van der Waals surface area contributed by atoms with E-state index >= 15 is 0 Å². The fraction of sp³-hybridized carbons (Fsp3) is 0.429. The van der Waals surface area contributed by atoms with Gasteiger partial charge in [-0.15, -0.1) is 0 Å². The molecule has 36 heavy (non-hydrogen) atoms. The van der Waals surface area contributed by atoms with E-state index in [9.17, 15) is 22.8 Å². The highest BCUT2D eigenvalue weighted by Gasteiger charge is 2.34. The van der Waals surface area contributed by atoms with Gasteiger partial charge in [-0.2, -0.15) is 13.2 Å². The van der Waals surface area contributed by atoms with Crippen molar-refractivity contribution in [1.29, 1.82) is 0 Å². The molecule has 1 fully saturated rings. The van der Waals surface area contributed by atoms with E-state index < -0.39 is 11.7 Å². The van der Waals surface area contributed by atoms with Crippen molar-refractivity contribution in [2.24, 2.45) is 0 Å². The molecule has 0 saturated heterocycles. The van der Waals surface area contributed by atoms with E-state index in [-0.39, 0.29) is 30.9 Å². The second-order valence-electron chi connectivity index (χ2n) is 9.48. The van der Waals surface area contributed by atoms with Crippen molar-refractivity contribution in [3.05, 3.63) is 71.4 Å². The van der Waals surface area contributed by atoms with Crippen molar-refractivity contribution in [3.63, 3.8) is 0 Å². The lowest BCUT2D eigenvalue weighted by Gasteiger charge is -2.28. The van der Waals surface area contributed by atoms with E-state index in [2.05, 4.69) is 4.98 Å². The molecule has 1 saturated carbocycles. The fourth-order valence-electron chi connectivity index (χ4n) is 4.43. The number of aromatic nitrogens is 1. The summed E-state index contributed by atoms with van der Waals surface area (Å²) in [6.45, 7) is 2.60. The van der Waals surface area contributed by atoms with Crippen LogP contribution in [0.3, 0.4) is 0 Å². The average Bonchev–Trinajstić information content (AvgIpc) is 3.62. The second-order valence-corrected chi connectivity index (χ2v) is 9.48. The number of fused-ring (bicyclic) bond motifs is 1. The van der Waals surface area contributed by atoms with Gasteiger partial charge in [0.25, 0.3) is 0 Å². The zero-order valence-electron chi connectivity index (χ0n) is 20.5. The van der Waals surface area contributed by atoms with E-state index in [0.717, 1.165) is 54.3 Å². The standard InChI is InChI=1S/C28H32F3N3O2/c1-2-3-8-26(35)34(23-13-14-23)19-27(36)33(18-20-9-11-22(12-10-20)28(29,30)31)16-15-21-17-32-25-7-5-4-6-24(21)25/h4-7,9-12,17,23,32H,2-3,8,13-16,18-19H2,1H3. The lowest BCUT2D eigenvalue weighted by Crippen LogP contribution is -2.44. The summed E-state index contributed by atoms with van der Waals surface area (Å²) in [5.74, 6) is -0.190. The third kappa shape index (κ3) is 6.47. The Morgan fingerprint density at radius 2 is 1.75 bits per heavy atom. The Kier molecular flexibility index (Phi) is 8.01. The van der Waals surface area contributed by atoms with Gasteiger partial charge < -0.3 is 14.8 Å². The number of halogens is 3. The van der Waals surface area contributed by atoms with E-state index in [1.165, 1.54) is 12.1 Å². The molecule has 0 aliphatic heterocycles. The Morgan fingerprint density at radius 1 is 1.03 bits per heavy atom. The maximum Gasteiger partial charge on any atom is 0.416 e. The molecule has 1 aliphatic carbocycles. The Hall–Kier alpha value is -3.29. The number of H-pyrrole nitrogens is 1. The van der Waals surface area contributed by atoms with Crippen molar-refractivity contribution < 1.29 is 22.8 Å². The van der Waals surface area contributed by atoms with Crippen LogP contribution in [0.4, 0.5) is 13.2 Å². The summed E-state index contributed by atoms with van der Waals surface area (Å²) < 4.78 is 39.0. The van der Waals surface area contributed by atoms with E-state index in [0.29, 0.717) is 24.9 Å². The van der Waals surface area contributed by atoms with Crippen molar-refractivity contribution in [2.75, 3.05) is 13.1 Å². The number of alkyl halides is 3. The molecule has 0 radical (unpaired) electrons. The van der Waals surface area contributed by atoms with Gasteiger partial charge in [-0.25, -0.2) is 0 Å². The Labute approximate surface area is 209 Å². The molecular weight excluding hydrogens is 467 g/mol. The molecule has 1 heterocycles. The summed E-state index contributed by atoms with van der Waals surface area (Å²) in [6, 6.07) is 12.9. The molecule has 5 nitrogen and oxygen atoms in total. The molecule has 8 heteroatoms. The van der Waals surface area contributed by atoms with Gasteiger partial charge in [0.1, 0.15) is 6.54 Å². The number of carbonyl (C=O) groups excluding carboxylic acids is 2. The normalized spacial score (nSPS) is 13.7. The smallest absolute Gasteiger partial charge is 0.361 e. The number of benzene rings is 2. The van der Waals surface area contributed by atoms with Crippen molar-refractivity contribution in [2.45, 2.75) is 64.2 Å². The largest absolute Gasteiger partial charge is 0.416 e. The zero-order chi connectivity index (χ0) is 25.7. The fourth-order valence-corrected chi connectivity index (χ4v) is 4.43. The number of unbranched alkanes of at least 4 members (excludes halogenated alkanes) is 1. The van der Waals surface area contributed by atoms with Crippen molar-refractivity contribution >= 4 is 22.7 Å². The predicted molar refractivity (Wildman–Crippen MR) is 133 cm³/mol. The number of hydrogen-bond acceptors (Lipinski definition) is 2. The van der Waals surface area contributed by atoms with Gasteiger partial charge in [0.05, 0.1) is 5.56 Å². The number of nitrogens with one attached hydrogen (secondary N) is 1. The van der Waals surface area contributed by atoms with E-state index in [4.69, 9.17) is 0 Å². The third-order valence-corrected chi connectivity index (χ3v) is 6.69. The maximum absolute atomic E-state index is 13.5. The number of para-hydroxylation sites is 1. The number of carbonyl (C=O) groups is 2. The van der Waals surface area contributed by atoms with Crippen LogP contribution < -0.4 is 0 Å². The SMILES string of the molecule is CCCCC(=O)N(CC(=O)N(CCc1c[nH]c2ccccc12)Cc1ccc(C(F)(F)F)cc1)C1CC1. The van der Waals surface area contributed by atoms with Gasteiger partial charge in [-0.3, -0.25) is 9.59 Å². The summed E-state index contributed by atoms with van der Waals surface area (Å²) >= 11 is 0. The number of amides is 2. The van der Waals surface area contributed by atoms with Crippen LogP contribution in [0.25, 0.3) is 10.9 Å². The van der Waals surface area contributed by atoms with Crippen LogP contribution in [0.1, 0.15) is 55.7 Å². The van der Waals surface area contributed by atoms with Crippen molar-refractivity contribution in [1.82, 2.24) is 14.8 Å². The molecule has 192 valence electrons. The van der Waals surface area contributed by atoms with Gasteiger partial charge in [0.15, 0.2) is 0 Å². The van der Waals surface area contributed by atoms with Crippen LogP contribution in [0.5, 0.6) is 0 Å². The van der Waals surface area contributed by atoms with E-state index in [1.807, 2.05) is 37.4 Å².